The van der Waals surface area contributed by atoms with Crippen LogP contribution >= 0.6 is 0 Å². The molecule has 24 heavy (non-hydrogen) atoms. The molecule has 0 saturated heterocycles. The van der Waals surface area contributed by atoms with Crippen LogP contribution in [0.25, 0.3) is 0 Å². The second kappa shape index (κ2) is 6.97. The Kier molecular flexibility index (Phi) is 4.76. The molecule has 0 spiro atoms. The minimum atomic E-state index is -1.13. The van der Waals surface area contributed by atoms with Gasteiger partial charge in [0.15, 0.2) is 0 Å². The summed E-state index contributed by atoms with van der Waals surface area (Å²) < 4.78 is 26.9. The summed E-state index contributed by atoms with van der Waals surface area (Å²) in [6.45, 7) is -0.116. The van der Waals surface area contributed by atoms with Gasteiger partial charge in [0.25, 0.3) is 0 Å². The van der Waals surface area contributed by atoms with Crippen molar-refractivity contribution in [3.05, 3.63) is 70.8 Å². The summed E-state index contributed by atoms with van der Waals surface area (Å²) in [5.74, 6) is -0.856. The number of carbonyl (C=O) groups excluding carboxylic acids is 1. The van der Waals surface area contributed by atoms with E-state index in [-0.39, 0.29) is 24.0 Å². The summed E-state index contributed by atoms with van der Waals surface area (Å²) in [7, 11) is 0. The molecule has 3 N–H and O–H groups in total. The standard InChI is InChI=1S/C18H18F2N2O2/c19-12-7-5-11-6-8-16(14(11)9-12)22-18(24)21-10-17(23)13-3-1-2-4-15(13)20/h1-5,7,9,16-17,23H,6,8,10H2,(H2,21,22,24). The lowest BCUT2D eigenvalue weighted by Crippen LogP contribution is -2.39. The molecule has 2 atom stereocenters. The summed E-state index contributed by atoms with van der Waals surface area (Å²) in [6, 6.07) is 9.69. The lowest BCUT2D eigenvalue weighted by atomic mass is 10.1. The van der Waals surface area contributed by atoms with E-state index in [1.54, 1.807) is 12.1 Å². The van der Waals surface area contributed by atoms with Gasteiger partial charge in [-0.25, -0.2) is 13.6 Å². The van der Waals surface area contributed by atoms with Gasteiger partial charge in [-0.05, 0) is 42.2 Å². The minimum absolute atomic E-state index is 0.116. The number of carbonyl (C=O) groups is 1. The summed E-state index contributed by atoms with van der Waals surface area (Å²) >= 11 is 0. The topological polar surface area (TPSA) is 61.4 Å². The lowest BCUT2D eigenvalue weighted by molar-refractivity contribution is 0.168. The van der Waals surface area contributed by atoms with Gasteiger partial charge in [-0.1, -0.05) is 24.3 Å². The first-order chi connectivity index (χ1) is 11.5. The highest BCUT2D eigenvalue weighted by Crippen LogP contribution is 2.31. The van der Waals surface area contributed by atoms with Gasteiger partial charge in [-0.2, -0.15) is 0 Å². The van der Waals surface area contributed by atoms with Gasteiger partial charge in [0.2, 0.25) is 0 Å². The zero-order chi connectivity index (χ0) is 17.1. The Morgan fingerprint density at radius 3 is 2.83 bits per heavy atom. The fraction of sp³-hybridized carbons (Fsp3) is 0.278. The number of hydrogen-bond acceptors (Lipinski definition) is 2. The number of halogens is 2. The first-order valence-corrected chi connectivity index (χ1v) is 7.80. The number of nitrogens with one attached hydrogen (secondary N) is 2. The zero-order valence-electron chi connectivity index (χ0n) is 12.9. The second-order valence-electron chi connectivity index (χ2n) is 5.83. The molecule has 1 aliphatic rings. The van der Waals surface area contributed by atoms with Crippen LogP contribution in [0.2, 0.25) is 0 Å². The zero-order valence-corrected chi connectivity index (χ0v) is 12.9. The van der Waals surface area contributed by atoms with Gasteiger partial charge < -0.3 is 15.7 Å². The van der Waals surface area contributed by atoms with Crippen molar-refractivity contribution in [2.75, 3.05) is 6.54 Å². The molecular formula is C18H18F2N2O2. The van der Waals surface area contributed by atoms with Crippen molar-refractivity contribution >= 4 is 6.03 Å². The SMILES string of the molecule is O=C(NCC(O)c1ccccc1F)NC1CCc2ccc(F)cc21. The largest absolute Gasteiger partial charge is 0.386 e. The van der Waals surface area contributed by atoms with Crippen LogP contribution in [-0.2, 0) is 6.42 Å². The summed E-state index contributed by atoms with van der Waals surface area (Å²) in [4.78, 5) is 12.0. The molecule has 126 valence electrons. The van der Waals surface area contributed by atoms with E-state index in [9.17, 15) is 18.7 Å². The number of rotatable bonds is 4. The van der Waals surface area contributed by atoms with Crippen LogP contribution in [0.5, 0.6) is 0 Å². The summed E-state index contributed by atoms with van der Waals surface area (Å²) in [6.07, 6.45) is 0.339. The van der Waals surface area contributed by atoms with E-state index in [1.807, 2.05) is 0 Å². The Balaban J connectivity index is 1.56. The monoisotopic (exact) mass is 332 g/mol. The van der Waals surface area contributed by atoms with E-state index < -0.39 is 18.0 Å². The molecule has 0 fully saturated rings. The Labute approximate surface area is 138 Å². The van der Waals surface area contributed by atoms with Gasteiger partial charge in [0, 0.05) is 12.1 Å². The van der Waals surface area contributed by atoms with E-state index in [0.29, 0.717) is 6.42 Å². The highest BCUT2D eigenvalue weighted by Gasteiger charge is 2.24. The average Bonchev–Trinajstić information content (AvgIpc) is 2.95. The van der Waals surface area contributed by atoms with Crippen LogP contribution in [0.4, 0.5) is 13.6 Å². The van der Waals surface area contributed by atoms with Gasteiger partial charge >= 0.3 is 6.03 Å². The predicted molar refractivity (Wildman–Crippen MR) is 85.4 cm³/mol. The van der Waals surface area contributed by atoms with Crippen molar-refractivity contribution < 1.29 is 18.7 Å². The van der Waals surface area contributed by atoms with Crippen molar-refractivity contribution in [1.82, 2.24) is 10.6 Å². The molecular weight excluding hydrogens is 314 g/mol. The molecule has 4 nitrogen and oxygen atoms in total. The third-order valence-electron chi connectivity index (χ3n) is 4.21. The van der Waals surface area contributed by atoms with Crippen LogP contribution in [0.3, 0.4) is 0 Å². The number of urea groups is 1. The molecule has 0 bridgehead atoms. The lowest BCUT2D eigenvalue weighted by Gasteiger charge is -2.17. The Hall–Kier alpha value is -2.47. The van der Waals surface area contributed by atoms with Crippen molar-refractivity contribution in [3.8, 4) is 0 Å². The van der Waals surface area contributed by atoms with E-state index in [0.717, 1.165) is 17.5 Å². The molecule has 0 aliphatic heterocycles. The van der Waals surface area contributed by atoms with Gasteiger partial charge in [-0.15, -0.1) is 0 Å². The highest BCUT2D eigenvalue weighted by molar-refractivity contribution is 5.74. The molecule has 2 aromatic carbocycles. The summed E-state index contributed by atoms with van der Waals surface area (Å²) in [5, 5.41) is 15.3. The number of fused-ring (bicyclic) bond motifs is 1. The number of hydrogen-bond donors (Lipinski definition) is 3. The maximum atomic E-state index is 13.6. The molecule has 2 unspecified atom stereocenters. The van der Waals surface area contributed by atoms with Crippen molar-refractivity contribution in [2.45, 2.75) is 25.0 Å². The van der Waals surface area contributed by atoms with E-state index in [1.165, 1.54) is 30.3 Å². The first-order valence-electron chi connectivity index (χ1n) is 7.80. The number of benzene rings is 2. The highest BCUT2D eigenvalue weighted by atomic mass is 19.1. The quantitative estimate of drug-likeness (QED) is 0.806. The number of aryl methyl sites for hydroxylation is 1. The summed E-state index contributed by atoms with van der Waals surface area (Å²) in [5.41, 5.74) is 1.93. The van der Waals surface area contributed by atoms with Crippen molar-refractivity contribution in [1.29, 1.82) is 0 Å². The molecule has 2 aromatic rings. The predicted octanol–water partition coefficient (Wildman–Crippen LogP) is 2.98. The number of aliphatic hydroxyl groups excluding tert-OH is 1. The Bertz CT molecular complexity index is 752. The van der Waals surface area contributed by atoms with Crippen LogP contribution in [0, 0.1) is 11.6 Å². The Morgan fingerprint density at radius 1 is 1.25 bits per heavy atom. The third kappa shape index (κ3) is 3.54. The fourth-order valence-corrected chi connectivity index (χ4v) is 2.98. The normalized spacial score (nSPS) is 17.2. The number of amides is 2. The van der Waals surface area contributed by atoms with Gasteiger partial charge in [0.1, 0.15) is 11.6 Å². The maximum Gasteiger partial charge on any atom is 0.315 e. The van der Waals surface area contributed by atoms with E-state index >= 15 is 0 Å². The van der Waals surface area contributed by atoms with Gasteiger partial charge in [0.05, 0.1) is 12.1 Å². The molecule has 3 rings (SSSR count). The molecule has 0 aromatic heterocycles. The minimum Gasteiger partial charge on any atom is -0.386 e. The molecule has 0 heterocycles. The third-order valence-corrected chi connectivity index (χ3v) is 4.21. The fourth-order valence-electron chi connectivity index (χ4n) is 2.98. The van der Waals surface area contributed by atoms with Crippen LogP contribution in [-0.4, -0.2) is 17.7 Å². The molecule has 1 aliphatic carbocycles. The van der Waals surface area contributed by atoms with Crippen molar-refractivity contribution in [3.63, 3.8) is 0 Å². The van der Waals surface area contributed by atoms with Gasteiger partial charge in [-0.3, -0.25) is 0 Å². The molecule has 2 amide bonds. The second-order valence-corrected chi connectivity index (χ2v) is 5.83. The molecule has 0 saturated carbocycles. The van der Waals surface area contributed by atoms with E-state index in [2.05, 4.69) is 10.6 Å². The van der Waals surface area contributed by atoms with E-state index in [4.69, 9.17) is 0 Å². The van der Waals surface area contributed by atoms with Crippen molar-refractivity contribution in [2.24, 2.45) is 0 Å². The molecule has 6 heteroatoms. The average molecular weight is 332 g/mol. The number of aliphatic hydroxyl groups is 1. The van der Waals surface area contributed by atoms with Crippen LogP contribution < -0.4 is 10.6 Å². The first kappa shape index (κ1) is 16.4. The molecule has 0 radical (unpaired) electrons. The maximum absolute atomic E-state index is 13.6. The van der Waals surface area contributed by atoms with Crippen LogP contribution in [0.15, 0.2) is 42.5 Å². The smallest absolute Gasteiger partial charge is 0.315 e. The van der Waals surface area contributed by atoms with Crippen LogP contribution in [0.1, 0.15) is 35.3 Å². The Morgan fingerprint density at radius 2 is 2.04 bits per heavy atom.